The Morgan fingerprint density at radius 1 is 1.26 bits per heavy atom. The van der Waals surface area contributed by atoms with Gasteiger partial charge in [-0.15, -0.1) is 0 Å². The Morgan fingerprint density at radius 3 is 2.85 bits per heavy atom. The number of aromatic nitrogens is 5. The molecule has 1 fully saturated rings. The summed E-state index contributed by atoms with van der Waals surface area (Å²) in [5.74, 6) is 0.903. The van der Waals surface area contributed by atoms with Gasteiger partial charge in [0.15, 0.2) is 5.82 Å². The van der Waals surface area contributed by atoms with Crippen LogP contribution < -0.4 is 15.5 Å². The van der Waals surface area contributed by atoms with Crippen molar-refractivity contribution in [2.45, 2.75) is 57.7 Å². The molecule has 0 radical (unpaired) electrons. The van der Waals surface area contributed by atoms with E-state index in [9.17, 15) is 13.6 Å². The van der Waals surface area contributed by atoms with Crippen molar-refractivity contribution < 1.29 is 13.6 Å². The fourth-order valence-electron chi connectivity index (χ4n) is 4.41. The number of nitrogens with one attached hydrogen (secondary N) is 3. The Kier molecular flexibility index (Phi) is 5.84. The molecule has 2 aliphatic rings. The predicted octanol–water partition coefficient (Wildman–Crippen LogP) is 3.65. The zero-order chi connectivity index (χ0) is 23.8. The van der Waals surface area contributed by atoms with Gasteiger partial charge >= 0.3 is 0 Å². The molecule has 178 valence electrons. The first-order valence-electron chi connectivity index (χ1n) is 11.4. The van der Waals surface area contributed by atoms with Gasteiger partial charge in [-0.3, -0.25) is 9.89 Å². The number of carbonyl (C=O) groups is 1. The van der Waals surface area contributed by atoms with Gasteiger partial charge in [-0.1, -0.05) is 13.8 Å². The van der Waals surface area contributed by atoms with Gasteiger partial charge in [-0.2, -0.15) is 14.5 Å². The molecular formula is C23H26F2N8O. The molecule has 3 aromatic heterocycles. The number of carbonyl (C=O) groups excluding carboxylic acids is 1. The summed E-state index contributed by atoms with van der Waals surface area (Å²) in [4.78, 5) is 27.7. The van der Waals surface area contributed by atoms with E-state index in [1.165, 1.54) is 18.3 Å². The topological polar surface area (TPSA) is 112 Å². The van der Waals surface area contributed by atoms with Crippen LogP contribution in [0, 0.1) is 5.95 Å². The van der Waals surface area contributed by atoms with Crippen LogP contribution in [0.25, 0.3) is 0 Å². The van der Waals surface area contributed by atoms with Gasteiger partial charge in [-0.25, -0.2) is 14.4 Å². The zero-order valence-corrected chi connectivity index (χ0v) is 19.0. The van der Waals surface area contributed by atoms with Crippen LogP contribution in [0.15, 0.2) is 24.4 Å². The third kappa shape index (κ3) is 4.42. The third-order valence-electron chi connectivity index (χ3n) is 6.19. The first-order valence-corrected chi connectivity index (χ1v) is 11.4. The van der Waals surface area contributed by atoms with E-state index in [2.05, 4.69) is 44.6 Å². The van der Waals surface area contributed by atoms with Crippen molar-refractivity contribution >= 4 is 29.2 Å². The Bertz CT molecular complexity index is 1200. The molecule has 0 aromatic carbocycles. The molecule has 11 heteroatoms. The molecule has 1 amide bonds. The first-order chi connectivity index (χ1) is 16.4. The van der Waals surface area contributed by atoms with E-state index in [1.807, 2.05) is 11.0 Å². The molecule has 0 saturated carbocycles. The maximum atomic E-state index is 14.3. The Morgan fingerprint density at radius 2 is 2.12 bits per heavy atom. The molecule has 3 aromatic rings. The second kappa shape index (κ2) is 8.96. The van der Waals surface area contributed by atoms with Crippen molar-refractivity contribution in [3.05, 3.63) is 47.3 Å². The number of alkyl halides is 1. The molecule has 3 N–H and O–H groups in total. The summed E-state index contributed by atoms with van der Waals surface area (Å²) in [6.07, 6.45) is 2.11. The lowest BCUT2D eigenvalue weighted by Gasteiger charge is -2.25. The van der Waals surface area contributed by atoms with Gasteiger partial charge in [0.1, 0.15) is 18.0 Å². The molecule has 1 saturated heterocycles. The largest absolute Gasteiger partial charge is 0.329 e. The molecule has 2 atom stereocenters. The van der Waals surface area contributed by atoms with Gasteiger partial charge in [0.2, 0.25) is 17.8 Å². The molecule has 1 unspecified atom stereocenters. The molecule has 0 spiro atoms. The van der Waals surface area contributed by atoms with Gasteiger partial charge in [0.25, 0.3) is 0 Å². The van der Waals surface area contributed by atoms with Crippen LogP contribution in [-0.4, -0.2) is 49.8 Å². The molecule has 1 aliphatic carbocycles. The van der Waals surface area contributed by atoms with Gasteiger partial charge in [0, 0.05) is 36.7 Å². The summed E-state index contributed by atoms with van der Waals surface area (Å²) in [7, 11) is 0. The van der Waals surface area contributed by atoms with Crippen LogP contribution in [0.3, 0.4) is 0 Å². The number of aromatic amines is 1. The summed E-state index contributed by atoms with van der Waals surface area (Å²) < 4.78 is 27.4. The SMILES string of the molecule is CC(C)c1cc(Nc2nc(N3CCCC3C(=O)Nc3ccc(F)nc3)nc3c2C[C@@H](F)C3)n[nH]1. The molecular weight excluding hydrogens is 442 g/mol. The second-order valence-corrected chi connectivity index (χ2v) is 9.00. The summed E-state index contributed by atoms with van der Waals surface area (Å²) in [6.45, 7) is 4.72. The maximum Gasteiger partial charge on any atom is 0.247 e. The number of hydrogen-bond donors (Lipinski definition) is 3. The van der Waals surface area contributed by atoms with Crippen molar-refractivity contribution in [1.82, 2.24) is 25.1 Å². The van der Waals surface area contributed by atoms with Crippen LogP contribution in [0.5, 0.6) is 0 Å². The lowest BCUT2D eigenvalue weighted by Crippen LogP contribution is -2.40. The van der Waals surface area contributed by atoms with E-state index in [0.717, 1.165) is 17.7 Å². The van der Waals surface area contributed by atoms with Gasteiger partial charge < -0.3 is 15.5 Å². The summed E-state index contributed by atoms with van der Waals surface area (Å²) >= 11 is 0. The molecule has 0 bridgehead atoms. The van der Waals surface area contributed by atoms with Crippen molar-refractivity contribution in [1.29, 1.82) is 0 Å². The average molecular weight is 469 g/mol. The van der Waals surface area contributed by atoms with Crippen LogP contribution >= 0.6 is 0 Å². The fourth-order valence-corrected chi connectivity index (χ4v) is 4.41. The normalized spacial score (nSPS) is 19.5. The van der Waals surface area contributed by atoms with E-state index in [-0.39, 0.29) is 24.7 Å². The Balaban J connectivity index is 1.42. The molecule has 9 nitrogen and oxygen atoms in total. The maximum absolute atomic E-state index is 14.3. The van der Waals surface area contributed by atoms with Crippen LogP contribution in [-0.2, 0) is 17.6 Å². The number of anilines is 4. The lowest BCUT2D eigenvalue weighted by atomic mass is 10.1. The highest BCUT2D eigenvalue weighted by Gasteiger charge is 2.35. The average Bonchev–Trinajstić information content (AvgIpc) is 3.54. The van der Waals surface area contributed by atoms with E-state index < -0.39 is 18.2 Å². The third-order valence-corrected chi connectivity index (χ3v) is 6.19. The highest BCUT2D eigenvalue weighted by atomic mass is 19.1. The van der Waals surface area contributed by atoms with Crippen molar-refractivity contribution in [2.24, 2.45) is 0 Å². The minimum Gasteiger partial charge on any atom is -0.329 e. The van der Waals surface area contributed by atoms with Crippen molar-refractivity contribution in [2.75, 3.05) is 22.1 Å². The molecule has 1 aliphatic heterocycles. The monoisotopic (exact) mass is 468 g/mol. The molecule has 34 heavy (non-hydrogen) atoms. The quantitative estimate of drug-likeness (QED) is 0.474. The van der Waals surface area contributed by atoms with E-state index >= 15 is 0 Å². The molecule has 5 rings (SSSR count). The summed E-state index contributed by atoms with van der Waals surface area (Å²) in [6, 6.07) is 4.06. The number of H-pyrrole nitrogens is 1. The van der Waals surface area contributed by atoms with Crippen LogP contribution in [0.1, 0.15) is 49.6 Å². The Hall–Kier alpha value is -3.63. The highest BCUT2D eigenvalue weighted by Crippen LogP contribution is 2.34. The minimum atomic E-state index is -1.02. The van der Waals surface area contributed by atoms with Crippen molar-refractivity contribution in [3.8, 4) is 0 Å². The van der Waals surface area contributed by atoms with E-state index in [4.69, 9.17) is 4.98 Å². The van der Waals surface area contributed by atoms with E-state index in [1.54, 1.807) is 0 Å². The standard InChI is InChI=1S/C23H26F2N8O/c1-12(2)16-10-20(32-31-16)29-21-15-8-13(24)9-17(15)28-23(30-21)33-7-3-4-18(33)22(34)27-14-5-6-19(25)26-11-14/h5-6,10-13,18H,3-4,7-9H2,1-2H3,(H,27,34)(H2,28,29,30,31,32)/t13-,18?/m1/s1. The van der Waals surface area contributed by atoms with Gasteiger partial charge in [-0.05, 0) is 30.9 Å². The van der Waals surface area contributed by atoms with E-state index in [0.29, 0.717) is 41.9 Å². The predicted molar refractivity (Wildman–Crippen MR) is 123 cm³/mol. The van der Waals surface area contributed by atoms with Crippen molar-refractivity contribution in [3.63, 3.8) is 0 Å². The fraction of sp³-hybridized carbons (Fsp3) is 0.435. The first kappa shape index (κ1) is 22.2. The second-order valence-electron chi connectivity index (χ2n) is 9.00. The lowest BCUT2D eigenvalue weighted by molar-refractivity contribution is -0.117. The number of nitrogens with zero attached hydrogens (tertiary/aromatic N) is 5. The van der Waals surface area contributed by atoms with Crippen LogP contribution in [0.2, 0.25) is 0 Å². The number of amides is 1. The summed E-state index contributed by atoms with van der Waals surface area (Å²) in [5.41, 5.74) is 2.77. The number of fused-ring (bicyclic) bond motifs is 1. The number of rotatable bonds is 6. The number of pyridine rings is 1. The summed E-state index contributed by atoms with van der Waals surface area (Å²) in [5, 5.41) is 13.3. The zero-order valence-electron chi connectivity index (χ0n) is 19.0. The molecule has 4 heterocycles. The number of halogens is 2. The van der Waals surface area contributed by atoms with Crippen LogP contribution in [0.4, 0.5) is 32.1 Å². The Labute approximate surface area is 195 Å². The number of hydrogen-bond acceptors (Lipinski definition) is 7. The minimum absolute atomic E-state index is 0.212. The van der Waals surface area contributed by atoms with Gasteiger partial charge in [0.05, 0.1) is 17.6 Å². The smallest absolute Gasteiger partial charge is 0.247 e. The highest BCUT2D eigenvalue weighted by molar-refractivity contribution is 5.96.